The second-order valence-electron chi connectivity index (χ2n) is 5.29. The molecule has 1 aromatic heterocycles. The zero-order valence-electron chi connectivity index (χ0n) is 11.5. The Hall–Kier alpha value is -1.54. The molecule has 1 fully saturated rings. The molecule has 0 aliphatic heterocycles. The summed E-state index contributed by atoms with van der Waals surface area (Å²) in [5, 5.41) is 3.31. The largest absolute Gasteiger partial charge is 0.467 e. The molecule has 0 amide bonds. The molecular formula is C17H21NO. The average Bonchev–Trinajstić information content (AvgIpc) is 2.83. The number of benzene rings is 1. The SMILES string of the molecule is CCNCc1occc1-c1ccc(C2CCC2)cc1. The zero-order chi connectivity index (χ0) is 13.1. The first-order valence-corrected chi connectivity index (χ1v) is 7.26. The van der Waals surface area contributed by atoms with Gasteiger partial charge in [0.25, 0.3) is 0 Å². The average molecular weight is 255 g/mol. The van der Waals surface area contributed by atoms with Crippen molar-refractivity contribution in [3.63, 3.8) is 0 Å². The molecule has 19 heavy (non-hydrogen) atoms. The van der Waals surface area contributed by atoms with Gasteiger partial charge in [-0.1, -0.05) is 37.6 Å². The Kier molecular flexibility index (Phi) is 3.69. The van der Waals surface area contributed by atoms with Gasteiger partial charge in [0.2, 0.25) is 0 Å². The second kappa shape index (κ2) is 5.62. The van der Waals surface area contributed by atoms with Crippen LogP contribution in [0.5, 0.6) is 0 Å². The molecule has 0 spiro atoms. The van der Waals surface area contributed by atoms with Gasteiger partial charge in [-0.05, 0) is 42.5 Å². The minimum Gasteiger partial charge on any atom is -0.467 e. The van der Waals surface area contributed by atoms with E-state index in [0.29, 0.717) is 0 Å². The fraction of sp³-hybridized carbons (Fsp3) is 0.412. The highest BCUT2D eigenvalue weighted by atomic mass is 16.3. The molecule has 0 saturated heterocycles. The number of hydrogen-bond donors (Lipinski definition) is 1. The standard InChI is InChI=1S/C17H21NO/c1-2-18-12-17-16(10-11-19-17)15-8-6-14(7-9-15)13-4-3-5-13/h6-11,13,18H,2-5,12H2,1H3. The van der Waals surface area contributed by atoms with Crippen LogP contribution >= 0.6 is 0 Å². The lowest BCUT2D eigenvalue weighted by Crippen LogP contribution is -2.11. The third kappa shape index (κ3) is 2.59. The topological polar surface area (TPSA) is 25.2 Å². The Labute approximate surface area is 114 Å². The van der Waals surface area contributed by atoms with Gasteiger partial charge in [-0.3, -0.25) is 0 Å². The maximum absolute atomic E-state index is 5.57. The first-order valence-electron chi connectivity index (χ1n) is 7.26. The number of furan rings is 1. The number of rotatable bonds is 5. The van der Waals surface area contributed by atoms with Crippen LogP contribution in [0.25, 0.3) is 11.1 Å². The summed E-state index contributed by atoms with van der Waals surface area (Å²) in [6.45, 7) is 3.86. The molecule has 0 radical (unpaired) electrons. The molecular weight excluding hydrogens is 234 g/mol. The third-order valence-corrected chi connectivity index (χ3v) is 4.08. The Morgan fingerprint density at radius 3 is 2.58 bits per heavy atom. The molecule has 1 heterocycles. The minimum absolute atomic E-state index is 0.795. The first-order chi connectivity index (χ1) is 9.38. The molecule has 3 rings (SSSR count). The Morgan fingerprint density at radius 2 is 1.95 bits per heavy atom. The Balaban J connectivity index is 1.79. The van der Waals surface area contributed by atoms with Crippen LogP contribution < -0.4 is 5.32 Å². The predicted molar refractivity (Wildman–Crippen MR) is 78.1 cm³/mol. The van der Waals surface area contributed by atoms with E-state index in [1.54, 1.807) is 6.26 Å². The predicted octanol–water partition coefficient (Wildman–Crippen LogP) is 4.32. The van der Waals surface area contributed by atoms with E-state index in [1.165, 1.54) is 36.0 Å². The van der Waals surface area contributed by atoms with E-state index in [1.807, 2.05) is 0 Å². The van der Waals surface area contributed by atoms with Crippen LogP contribution in [0.4, 0.5) is 0 Å². The van der Waals surface area contributed by atoms with Crippen LogP contribution in [-0.4, -0.2) is 6.54 Å². The highest BCUT2D eigenvalue weighted by Gasteiger charge is 2.19. The monoisotopic (exact) mass is 255 g/mol. The fourth-order valence-electron chi connectivity index (χ4n) is 2.65. The van der Waals surface area contributed by atoms with Crippen LogP contribution in [0.3, 0.4) is 0 Å². The van der Waals surface area contributed by atoms with Gasteiger partial charge in [-0.2, -0.15) is 0 Å². The van der Waals surface area contributed by atoms with Crippen molar-refractivity contribution < 1.29 is 4.42 Å². The summed E-state index contributed by atoms with van der Waals surface area (Å²) >= 11 is 0. The molecule has 0 bridgehead atoms. The van der Waals surface area contributed by atoms with Crippen LogP contribution in [0.1, 0.15) is 43.4 Å². The van der Waals surface area contributed by atoms with Crippen molar-refractivity contribution in [2.24, 2.45) is 0 Å². The smallest absolute Gasteiger partial charge is 0.125 e. The van der Waals surface area contributed by atoms with Gasteiger partial charge in [0.1, 0.15) is 5.76 Å². The van der Waals surface area contributed by atoms with Crippen molar-refractivity contribution in [1.82, 2.24) is 5.32 Å². The molecule has 100 valence electrons. The molecule has 0 unspecified atom stereocenters. The van der Waals surface area contributed by atoms with Crippen molar-refractivity contribution in [2.45, 2.75) is 38.6 Å². The summed E-state index contributed by atoms with van der Waals surface area (Å²) in [5.74, 6) is 1.83. The molecule has 1 aliphatic rings. The highest BCUT2D eigenvalue weighted by Crippen LogP contribution is 2.37. The lowest BCUT2D eigenvalue weighted by atomic mass is 9.80. The molecule has 1 saturated carbocycles. The molecule has 1 aromatic carbocycles. The van der Waals surface area contributed by atoms with Gasteiger partial charge >= 0.3 is 0 Å². The van der Waals surface area contributed by atoms with E-state index in [9.17, 15) is 0 Å². The van der Waals surface area contributed by atoms with E-state index in [0.717, 1.165) is 24.8 Å². The van der Waals surface area contributed by atoms with Crippen molar-refractivity contribution >= 4 is 0 Å². The third-order valence-electron chi connectivity index (χ3n) is 4.08. The van der Waals surface area contributed by atoms with Crippen molar-refractivity contribution in [3.05, 3.63) is 47.9 Å². The van der Waals surface area contributed by atoms with Gasteiger partial charge in [0, 0.05) is 5.56 Å². The van der Waals surface area contributed by atoms with Crippen LogP contribution in [0, 0.1) is 0 Å². The zero-order valence-corrected chi connectivity index (χ0v) is 11.5. The fourth-order valence-corrected chi connectivity index (χ4v) is 2.65. The summed E-state index contributed by atoms with van der Waals surface area (Å²) in [6.07, 6.45) is 5.89. The number of hydrogen-bond acceptors (Lipinski definition) is 2. The minimum atomic E-state index is 0.795. The summed E-state index contributed by atoms with van der Waals surface area (Å²) in [7, 11) is 0. The molecule has 2 nitrogen and oxygen atoms in total. The summed E-state index contributed by atoms with van der Waals surface area (Å²) in [4.78, 5) is 0. The van der Waals surface area contributed by atoms with Crippen LogP contribution in [-0.2, 0) is 6.54 Å². The van der Waals surface area contributed by atoms with Crippen molar-refractivity contribution in [3.8, 4) is 11.1 Å². The van der Waals surface area contributed by atoms with Crippen molar-refractivity contribution in [1.29, 1.82) is 0 Å². The molecule has 1 N–H and O–H groups in total. The summed E-state index contributed by atoms with van der Waals surface area (Å²) in [5.41, 5.74) is 3.96. The van der Waals surface area contributed by atoms with E-state index < -0.39 is 0 Å². The molecule has 1 aliphatic carbocycles. The lowest BCUT2D eigenvalue weighted by molar-refractivity contribution is 0.420. The van der Waals surface area contributed by atoms with Crippen molar-refractivity contribution in [2.75, 3.05) is 6.54 Å². The van der Waals surface area contributed by atoms with Gasteiger partial charge in [-0.25, -0.2) is 0 Å². The summed E-state index contributed by atoms with van der Waals surface area (Å²) in [6, 6.07) is 11.1. The Bertz CT molecular complexity index is 522. The van der Waals surface area contributed by atoms with E-state index in [2.05, 4.69) is 42.6 Å². The molecule has 2 aromatic rings. The normalized spacial score (nSPS) is 15.4. The first kappa shape index (κ1) is 12.5. The second-order valence-corrected chi connectivity index (χ2v) is 5.29. The maximum Gasteiger partial charge on any atom is 0.125 e. The van der Waals surface area contributed by atoms with E-state index in [4.69, 9.17) is 4.42 Å². The maximum atomic E-state index is 5.57. The quantitative estimate of drug-likeness (QED) is 0.860. The van der Waals surface area contributed by atoms with Crippen LogP contribution in [0.15, 0.2) is 41.0 Å². The van der Waals surface area contributed by atoms with Gasteiger partial charge < -0.3 is 9.73 Å². The molecule has 2 heteroatoms. The van der Waals surface area contributed by atoms with Gasteiger partial charge in [-0.15, -0.1) is 0 Å². The van der Waals surface area contributed by atoms with E-state index in [-0.39, 0.29) is 0 Å². The summed E-state index contributed by atoms with van der Waals surface area (Å²) < 4.78 is 5.57. The lowest BCUT2D eigenvalue weighted by Gasteiger charge is -2.25. The Morgan fingerprint density at radius 1 is 1.16 bits per heavy atom. The molecule has 0 atom stereocenters. The van der Waals surface area contributed by atoms with Gasteiger partial charge in [0.15, 0.2) is 0 Å². The van der Waals surface area contributed by atoms with Gasteiger partial charge in [0.05, 0.1) is 12.8 Å². The van der Waals surface area contributed by atoms with Crippen LogP contribution in [0.2, 0.25) is 0 Å². The number of nitrogens with one attached hydrogen (secondary N) is 1. The highest BCUT2D eigenvalue weighted by molar-refractivity contribution is 5.65. The van der Waals surface area contributed by atoms with E-state index >= 15 is 0 Å².